The van der Waals surface area contributed by atoms with Crippen molar-refractivity contribution in [2.45, 2.75) is 19.7 Å². The topological polar surface area (TPSA) is 69.6 Å². The summed E-state index contributed by atoms with van der Waals surface area (Å²) in [6.45, 7) is 1.09. The van der Waals surface area contributed by atoms with Crippen LogP contribution >= 0.6 is 0 Å². The highest BCUT2D eigenvalue weighted by atomic mass is 16.5. The number of nitrogens with one attached hydrogen (secondary N) is 1. The number of methoxy groups -OCH3 is 2. The molecule has 0 atom stereocenters. The molecular weight excluding hydrogens is 344 g/mol. The number of hydrogen-bond donors (Lipinski definition) is 1. The van der Waals surface area contributed by atoms with Crippen LogP contribution in [0, 0.1) is 0 Å². The first kappa shape index (κ1) is 18.7. The van der Waals surface area contributed by atoms with Gasteiger partial charge in [-0.15, -0.1) is 0 Å². The molecule has 140 valence electrons. The minimum Gasteiger partial charge on any atom is -0.465 e. The number of amides is 1. The summed E-state index contributed by atoms with van der Waals surface area (Å²) in [4.78, 5) is 24.4. The van der Waals surface area contributed by atoms with Crippen molar-refractivity contribution in [2.75, 3.05) is 14.2 Å². The summed E-state index contributed by atoms with van der Waals surface area (Å²) in [7, 11) is 3.00. The molecule has 0 unspecified atom stereocenters. The van der Waals surface area contributed by atoms with Gasteiger partial charge in [-0.1, -0.05) is 42.5 Å². The number of esters is 1. The van der Waals surface area contributed by atoms with Crippen LogP contribution in [0.25, 0.3) is 10.9 Å². The van der Waals surface area contributed by atoms with E-state index in [2.05, 4.69) is 5.32 Å². The maximum atomic E-state index is 12.4. The Hall–Kier alpha value is -3.12. The van der Waals surface area contributed by atoms with Gasteiger partial charge in [0.05, 0.1) is 19.3 Å². The number of hydrogen-bond acceptors (Lipinski definition) is 4. The average molecular weight is 366 g/mol. The van der Waals surface area contributed by atoms with Gasteiger partial charge in [0.2, 0.25) is 5.91 Å². The van der Waals surface area contributed by atoms with Gasteiger partial charge < -0.3 is 19.4 Å². The maximum Gasteiger partial charge on any atom is 0.340 e. The van der Waals surface area contributed by atoms with Crippen molar-refractivity contribution in [3.05, 3.63) is 71.4 Å². The van der Waals surface area contributed by atoms with Crippen molar-refractivity contribution in [1.82, 2.24) is 9.88 Å². The highest BCUT2D eigenvalue weighted by Crippen LogP contribution is 2.22. The summed E-state index contributed by atoms with van der Waals surface area (Å²) in [6.07, 6.45) is 1.66. The van der Waals surface area contributed by atoms with Crippen LogP contribution < -0.4 is 5.32 Å². The second-order valence-corrected chi connectivity index (χ2v) is 6.21. The lowest BCUT2D eigenvalue weighted by Gasteiger charge is -2.09. The van der Waals surface area contributed by atoms with Crippen LogP contribution in [0.5, 0.6) is 0 Å². The summed E-state index contributed by atoms with van der Waals surface area (Å²) < 4.78 is 11.7. The minimum atomic E-state index is -0.416. The van der Waals surface area contributed by atoms with Crippen LogP contribution in [0.3, 0.4) is 0 Å². The fraction of sp³-hybridized carbons (Fsp3) is 0.238. The molecule has 0 fully saturated rings. The molecular formula is C21H22N2O4. The minimum absolute atomic E-state index is 0.120. The fourth-order valence-corrected chi connectivity index (χ4v) is 3.06. The van der Waals surface area contributed by atoms with Gasteiger partial charge in [-0.05, 0) is 17.2 Å². The largest absolute Gasteiger partial charge is 0.465 e. The molecule has 0 aliphatic rings. The smallest absolute Gasteiger partial charge is 0.340 e. The zero-order valence-electron chi connectivity index (χ0n) is 15.4. The number of benzene rings is 2. The van der Waals surface area contributed by atoms with Crippen molar-refractivity contribution in [3.8, 4) is 0 Å². The summed E-state index contributed by atoms with van der Waals surface area (Å²) in [5, 5.41) is 3.69. The Morgan fingerprint density at radius 1 is 1.04 bits per heavy atom. The van der Waals surface area contributed by atoms with Gasteiger partial charge in [0, 0.05) is 30.8 Å². The van der Waals surface area contributed by atoms with Crippen molar-refractivity contribution >= 4 is 22.8 Å². The quantitative estimate of drug-likeness (QED) is 0.653. The Morgan fingerprint density at radius 2 is 1.81 bits per heavy atom. The maximum absolute atomic E-state index is 12.4. The van der Waals surface area contributed by atoms with Gasteiger partial charge in [0.25, 0.3) is 0 Å². The molecule has 2 aromatic carbocycles. The molecule has 0 aliphatic carbocycles. The van der Waals surface area contributed by atoms with E-state index in [0.717, 1.165) is 22.0 Å². The molecule has 0 aliphatic heterocycles. The number of nitrogens with zero attached hydrogens (tertiary/aromatic N) is 1. The highest BCUT2D eigenvalue weighted by molar-refractivity contribution is 6.04. The first-order valence-corrected chi connectivity index (χ1v) is 8.62. The van der Waals surface area contributed by atoms with Crippen LogP contribution in [0.4, 0.5) is 0 Å². The van der Waals surface area contributed by atoms with Gasteiger partial charge >= 0.3 is 5.97 Å². The summed E-state index contributed by atoms with van der Waals surface area (Å²) in [5.74, 6) is -0.551. The van der Waals surface area contributed by atoms with Gasteiger partial charge in [-0.3, -0.25) is 4.79 Å². The number of rotatable bonds is 7. The normalized spacial score (nSPS) is 10.7. The van der Waals surface area contributed by atoms with Gasteiger partial charge in [0.1, 0.15) is 6.54 Å². The molecule has 27 heavy (non-hydrogen) atoms. The zero-order chi connectivity index (χ0) is 19.2. The number of ether oxygens (including phenoxy) is 2. The predicted molar refractivity (Wildman–Crippen MR) is 102 cm³/mol. The van der Waals surface area contributed by atoms with Crippen molar-refractivity contribution < 1.29 is 19.1 Å². The van der Waals surface area contributed by atoms with Crippen molar-refractivity contribution in [2.24, 2.45) is 0 Å². The number of fused-ring (bicyclic) bond motifs is 1. The lowest BCUT2D eigenvalue weighted by molar-refractivity contribution is -0.121. The molecule has 1 amide bonds. The molecule has 0 radical (unpaired) electrons. The van der Waals surface area contributed by atoms with Gasteiger partial charge in [-0.25, -0.2) is 4.79 Å². The monoisotopic (exact) mass is 366 g/mol. The molecule has 3 aromatic rings. The standard InChI is InChI=1S/C21H22N2O4/c1-26-14-16-7-5-6-15(10-16)11-22-20(24)13-23-12-18(21(25)27-2)17-8-3-4-9-19(17)23/h3-10,12H,11,13-14H2,1-2H3,(H,22,24). The summed E-state index contributed by atoms with van der Waals surface area (Å²) in [5.41, 5.74) is 3.33. The SMILES string of the molecule is COCc1cccc(CNC(=O)Cn2cc(C(=O)OC)c3ccccc32)c1. The molecule has 1 aromatic heterocycles. The van der Waals surface area contributed by atoms with Crippen LogP contribution in [-0.2, 0) is 34.0 Å². The van der Waals surface area contributed by atoms with Crippen molar-refractivity contribution in [1.29, 1.82) is 0 Å². The molecule has 0 saturated carbocycles. The average Bonchev–Trinajstić information content (AvgIpc) is 3.05. The van der Waals surface area contributed by atoms with Gasteiger partial charge in [-0.2, -0.15) is 0 Å². The Kier molecular flexibility index (Phi) is 5.88. The molecule has 1 heterocycles. The molecule has 0 bridgehead atoms. The number of aromatic nitrogens is 1. The first-order chi connectivity index (χ1) is 13.1. The van der Waals surface area contributed by atoms with Crippen LogP contribution in [0.15, 0.2) is 54.7 Å². The Labute approximate surface area is 157 Å². The van der Waals surface area contributed by atoms with Crippen LogP contribution in [0.2, 0.25) is 0 Å². The molecule has 3 rings (SSSR count). The first-order valence-electron chi connectivity index (χ1n) is 8.62. The van der Waals surface area contributed by atoms with Crippen LogP contribution in [-0.4, -0.2) is 30.7 Å². The molecule has 0 saturated heterocycles. The third-order valence-corrected chi connectivity index (χ3v) is 4.30. The van der Waals surface area contributed by atoms with E-state index < -0.39 is 5.97 Å². The van der Waals surface area contributed by atoms with E-state index in [-0.39, 0.29) is 12.5 Å². The molecule has 1 N–H and O–H groups in total. The Morgan fingerprint density at radius 3 is 2.59 bits per heavy atom. The van der Waals surface area contributed by atoms with Crippen molar-refractivity contribution in [3.63, 3.8) is 0 Å². The van der Waals surface area contributed by atoms with Crippen LogP contribution in [0.1, 0.15) is 21.5 Å². The molecule has 6 nitrogen and oxygen atoms in total. The van der Waals surface area contributed by atoms with E-state index in [1.54, 1.807) is 17.9 Å². The third kappa shape index (κ3) is 4.35. The lowest BCUT2D eigenvalue weighted by atomic mass is 10.1. The number of carbonyl (C=O) groups excluding carboxylic acids is 2. The van der Waals surface area contributed by atoms with E-state index in [9.17, 15) is 9.59 Å². The Balaban J connectivity index is 1.71. The van der Waals surface area contributed by atoms with E-state index >= 15 is 0 Å². The number of carbonyl (C=O) groups is 2. The number of para-hydroxylation sites is 1. The third-order valence-electron chi connectivity index (χ3n) is 4.30. The van der Waals surface area contributed by atoms with E-state index in [0.29, 0.717) is 18.7 Å². The zero-order valence-corrected chi connectivity index (χ0v) is 15.4. The fourth-order valence-electron chi connectivity index (χ4n) is 3.06. The lowest BCUT2D eigenvalue weighted by Crippen LogP contribution is -2.26. The Bertz CT molecular complexity index is 962. The van der Waals surface area contributed by atoms with E-state index in [1.807, 2.05) is 48.5 Å². The highest BCUT2D eigenvalue weighted by Gasteiger charge is 2.16. The second-order valence-electron chi connectivity index (χ2n) is 6.21. The van der Waals surface area contributed by atoms with Gasteiger partial charge in [0.15, 0.2) is 0 Å². The second kappa shape index (κ2) is 8.51. The summed E-state index contributed by atoms with van der Waals surface area (Å²) in [6, 6.07) is 15.3. The van der Waals surface area contributed by atoms with E-state index in [4.69, 9.17) is 9.47 Å². The summed E-state index contributed by atoms with van der Waals surface area (Å²) >= 11 is 0. The molecule has 0 spiro atoms. The van der Waals surface area contributed by atoms with E-state index in [1.165, 1.54) is 7.11 Å². The predicted octanol–water partition coefficient (Wildman–Crippen LogP) is 2.89. The molecule has 6 heteroatoms.